The van der Waals surface area contributed by atoms with Gasteiger partial charge in [0.05, 0.1) is 6.20 Å². The molecule has 126 valence electrons. The first kappa shape index (κ1) is 16.4. The Morgan fingerprint density at radius 2 is 2.04 bits per heavy atom. The Kier molecular flexibility index (Phi) is 5.41. The number of benzene rings is 1. The second kappa shape index (κ2) is 7.90. The third-order valence-electron chi connectivity index (χ3n) is 4.45. The van der Waals surface area contributed by atoms with Crippen molar-refractivity contribution in [3.63, 3.8) is 0 Å². The summed E-state index contributed by atoms with van der Waals surface area (Å²) in [6.45, 7) is 5.06. The van der Waals surface area contributed by atoms with Gasteiger partial charge in [-0.1, -0.05) is 17.7 Å². The molecule has 0 saturated carbocycles. The molecular formula is C19H25N5. The number of aromatic nitrogens is 3. The third kappa shape index (κ3) is 4.54. The van der Waals surface area contributed by atoms with Crippen molar-refractivity contribution in [2.75, 3.05) is 17.2 Å². The van der Waals surface area contributed by atoms with Crippen LogP contribution in [0.4, 0.5) is 17.5 Å². The third-order valence-corrected chi connectivity index (χ3v) is 4.45. The van der Waals surface area contributed by atoms with E-state index in [-0.39, 0.29) is 0 Å². The largest absolute Gasteiger partial charge is 0.353 e. The van der Waals surface area contributed by atoms with E-state index >= 15 is 0 Å². The Labute approximate surface area is 143 Å². The lowest BCUT2D eigenvalue weighted by atomic mass is 9.97. The lowest BCUT2D eigenvalue weighted by molar-refractivity contribution is 0.679. The highest BCUT2D eigenvalue weighted by molar-refractivity contribution is 5.58. The van der Waals surface area contributed by atoms with Crippen LogP contribution in [0.2, 0.25) is 0 Å². The number of nitrogens with zero attached hydrogens (tertiary/aromatic N) is 3. The van der Waals surface area contributed by atoms with Crippen molar-refractivity contribution in [2.24, 2.45) is 0 Å². The monoisotopic (exact) mass is 323 g/mol. The van der Waals surface area contributed by atoms with Gasteiger partial charge in [0.1, 0.15) is 0 Å². The first-order chi connectivity index (χ1) is 11.7. The van der Waals surface area contributed by atoms with Crippen LogP contribution in [0.3, 0.4) is 0 Å². The molecule has 0 atom stereocenters. The number of rotatable bonds is 6. The van der Waals surface area contributed by atoms with E-state index in [1.165, 1.54) is 36.8 Å². The van der Waals surface area contributed by atoms with E-state index in [0.717, 1.165) is 18.7 Å². The minimum Gasteiger partial charge on any atom is -0.353 e. The van der Waals surface area contributed by atoms with Crippen LogP contribution in [0.5, 0.6) is 0 Å². The molecule has 0 saturated heterocycles. The van der Waals surface area contributed by atoms with Crippen LogP contribution in [0.1, 0.15) is 43.2 Å². The van der Waals surface area contributed by atoms with Crippen LogP contribution in [0.25, 0.3) is 0 Å². The molecule has 1 heterocycles. The van der Waals surface area contributed by atoms with E-state index in [2.05, 4.69) is 57.9 Å². The molecule has 3 rings (SSSR count). The molecule has 1 aliphatic carbocycles. The van der Waals surface area contributed by atoms with Gasteiger partial charge in [-0.15, -0.1) is 5.10 Å². The van der Waals surface area contributed by atoms with Gasteiger partial charge in [0.2, 0.25) is 5.95 Å². The van der Waals surface area contributed by atoms with Crippen molar-refractivity contribution in [2.45, 2.75) is 46.0 Å². The van der Waals surface area contributed by atoms with Crippen LogP contribution in [0.15, 0.2) is 36.0 Å². The fraction of sp³-hybridized carbons (Fsp3) is 0.421. The molecule has 5 nitrogen and oxygen atoms in total. The number of hydrogen-bond acceptors (Lipinski definition) is 5. The molecule has 1 aliphatic rings. The van der Waals surface area contributed by atoms with Crippen molar-refractivity contribution >= 4 is 17.5 Å². The zero-order valence-electron chi connectivity index (χ0n) is 14.5. The highest BCUT2D eigenvalue weighted by atomic mass is 15.3. The first-order valence-corrected chi connectivity index (χ1v) is 8.66. The number of allylic oxidation sites excluding steroid dienone is 1. The summed E-state index contributed by atoms with van der Waals surface area (Å²) >= 11 is 0. The molecule has 1 aromatic carbocycles. The van der Waals surface area contributed by atoms with E-state index in [0.29, 0.717) is 11.8 Å². The summed E-state index contributed by atoms with van der Waals surface area (Å²) in [6.07, 6.45) is 10.2. The predicted octanol–water partition coefficient (Wildman–Crippen LogP) is 4.53. The van der Waals surface area contributed by atoms with Gasteiger partial charge >= 0.3 is 0 Å². The first-order valence-electron chi connectivity index (χ1n) is 8.66. The van der Waals surface area contributed by atoms with Gasteiger partial charge in [0, 0.05) is 12.2 Å². The number of anilines is 3. The fourth-order valence-electron chi connectivity index (χ4n) is 2.87. The average molecular weight is 323 g/mol. The normalized spacial score (nSPS) is 14.2. The second-order valence-electron chi connectivity index (χ2n) is 6.37. The number of aryl methyl sites for hydroxylation is 2. The Balaban J connectivity index is 1.57. The quantitative estimate of drug-likeness (QED) is 0.764. The fourth-order valence-corrected chi connectivity index (χ4v) is 2.87. The molecule has 0 radical (unpaired) electrons. The van der Waals surface area contributed by atoms with Crippen LogP contribution in [0, 0.1) is 13.8 Å². The van der Waals surface area contributed by atoms with Crippen LogP contribution < -0.4 is 10.6 Å². The molecule has 24 heavy (non-hydrogen) atoms. The maximum Gasteiger partial charge on any atom is 0.244 e. The van der Waals surface area contributed by atoms with Gasteiger partial charge in [0.25, 0.3) is 0 Å². The maximum absolute atomic E-state index is 4.49. The highest BCUT2D eigenvalue weighted by Crippen LogP contribution is 2.20. The smallest absolute Gasteiger partial charge is 0.244 e. The molecule has 5 heteroatoms. The average Bonchev–Trinajstić information content (AvgIpc) is 2.60. The lowest BCUT2D eigenvalue weighted by Gasteiger charge is -2.13. The molecule has 0 unspecified atom stereocenters. The standard InChI is InChI=1S/C19H25N5/c1-14-8-9-17(12-15(14)2)22-18-13-21-24-19(23-18)20-11-10-16-6-4-3-5-7-16/h6,8-9,12-13H,3-5,7,10-11H2,1-2H3,(H2,20,22,23,24). The van der Waals surface area contributed by atoms with Crippen molar-refractivity contribution in [1.29, 1.82) is 0 Å². The van der Waals surface area contributed by atoms with Crippen LogP contribution in [-0.4, -0.2) is 21.7 Å². The Morgan fingerprint density at radius 3 is 2.83 bits per heavy atom. The maximum atomic E-state index is 4.49. The van der Waals surface area contributed by atoms with Crippen molar-refractivity contribution in [3.8, 4) is 0 Å². The van der Waals surface area contributed by atoms with E-state index < -0.39 is 0 Å². The number of hydrogen-bond donors (Lipinski definition) is 2. The number of nitrogens with one attached hydrogen (secondary N) is 2. The van der Waals surface area contributed by atoms with E-state index in [1.807, 2.05) is 6.07 Å². The molecular weight excluding hydrogens is 298 g/mol. The highest BCUT2D eigenvalue weighted by Gasteiger charge is 2.05. The van der Waals surface area contributed by atoms with Crippen molar-refractivity contribution in [3.05, 3.63) is 47.2 Å². The Morgan fingerprint density at radius 1 is 1.12 bits per heavy atom. The lowest BCUT2D eigenvalue weighted by Crippen LogP contribution is -2.09. The predicted molar refractivity (Wildman–Crippen MR) is 98.7 cm³/mol. The minimum atomic E-state index is 0.570. The Bertz CT molecular complexity index is 723. The van der Waals surface area contributed by atoms with Gasteiger partial charge in [-0.05, 0) is 69.2 Å². The molecule has 1 aromatic heterocycles. The molecule has 2 N–H and O–H groups in total. The van der Waals surface area contributed by atoms with Crippen molar-refractivity contribution in [1.82, 2.24) is 15.2 Å². The molecule has 2 aromatic rings. The van der Waals surface area contributed by atoms with E-state index in [1.54, 1.807) is 11.8 Å². The molecule has 0 aliphatic heterocycles. The Hall–Kier alpha value is -2.43. The molecule has 0 bridgehead atoms. The topological polar surface area (TPSA) is 62.7 Å². The summed E-state index contributed by atoms with van der Waals surface area (Å²) in [4.78, 5) is 4.49. The SMILES string of the molecule is Cc1ccc(Nc2cnnc(NCCC3=CCCCC3)n2)cc1C. The van der Waals surface area contributed by atoms with Crippen LogP contribution >= 0.6 is 0 Å². The summed E-state index contributed by atoms with van der Waals surface area (Å²) in [5.41, 5.74) is 5.09. The summed E-state index contributed by atoms with van der Waals surface area (Å²) in [7, 11) is 0. The summed E-state index contributed by atoms with van der Waals surface area (Å²) in [5, 5.41) is 14.7. The van der Waals surface area contributed by atoms with Gasteiger partial charge in [-0.25, -0.2) is 0 Å². The molecule has 0 amide bonds. The van der Waals surface area contributed by atoms with Crippen LogP contribution in [-0.2, 0) is 0 Å². The zero-order chi connectivity index (χ0) is 16.8. The second-order valence-corrected chi connectivity index (χ2v) is 6.37. The van der Waals surface area contributed by atoms with E-state index in [9.17, 15) is 0 Å². The summed E-state index contributed by atoms with van der Waals surface area (Å²) < 4.78 is 0. The molecule has 0 spiro atoms. The van der Waals surface area contributed by atoms with Gasteiger partial charge in [0.15, 0.2) is 5.82 Å². The van der Waals surface area contributed by atoms with E-state index in [4.69, 9.17) is 0 Å². The van der Waals surface area contributed by atoms with Gasteiger partial charge in [-0.2, -0.15) is 10.1 Å². The van der Waals surface area contributed by atoms with Gasteiger partial charge < -0.3 is 10.6 Å². The van der Waals surface area contributed by atoms with Gasteiger partial charge in [-0.3, -0.25) is 0 Å². The zero-order valence-corrected chi connectivity index (χ0v) is 14.5. The minimum absolute atomic E-state index is 0.570. The summed E-state index contributed by atoms with van der Waals surface area (Å²) in [6, 6.07) is 6.26. The van der Waals surface area contributed by atoms with Crippen molar-refractivity contribution < 1.29 is 0 Å². The summed E-state index contributed by atoms with van der Waals surface area (Å²) in [5.74, 6) is 1.27. The molecule has 0 fully saturated rings.